The highest BCUT2D eigenvalue weighted by Gasteiger charge is 2.30. The molecule has 5 nitrogen and oxygen atoms in total. The van der Waals surface area contributed by atoms with Crippen molar-refractivity contribution in [2.75, 3.05) is 6.54 Å². The predicted molar refractivity (Wildman–Crippen MR) is 139 cm³/mol. The highest BCUT2D eigenvalue weighted by atomic mass is 19.4. The van der Waals surface area contributed by atoms with Gasteiger partial charge in [0.2, 0.25) is 0 Å². The third-order valence-electron chi connectivity index (χ3n) is 6.88. The van der Waals surface area contributed by atoms with Gasteiger partial charge < -0.3 is 9.72 Å². The molecule has 0 radical (unpaired) electrons. The number of alkyl halides is 3. The summed E-state index contributed by atoms with van der Waals surface area (Å²) in [5.74, 6) is 1.26. The number of hydrogen-bond donors (Lipinski definition) is 1. The maximum Gasteiger partial charge on any atom is 0.416 e. The highest BCUT2D eigenvalue weighted by molar-refractivity contribution is 5.84. The van der Waals surface area contributed by atoms with Crippen LogP contribution in [0.2, 0.25) is 0 Å². The largest absolute Gasteiger partial charge is 0.489 e. The minimum absolute atomic E-state index is 0.437. The zero-order valence-corrected chi connectivity index (χ0v) is 20.5. The second-order valence-corrected chi connectivity index (χ2v) is 9.50. The van der Waals surface area contributed by atoms with E-state index in [-0.39, 0.29) is 0 Å². The molecule has 3 heterocycles. The average Bonchev–Trinajstić information content (AvgIpc) is 3.33. The molecule has 3 aromatic carbocycles. The molecular formula is C30H25F3N4O. The highest BCUT2D eigenvalue weighted by Crippen LogP contribution is 2.31. The molecule has 1 aliphatic rings. The predicted octanol–water partition coefficient (Wildman–Crippen LogP) is 6.78. The Morgan fingerprint density at radius 1 is 0.974 bits per heavy atom. The lowest BCUT2D eigenvalue weighted by Crippen LogP contribution is -2.31. The zero-order chi connectivity index (χ0) is 26.1. The second-order valence-electron chi connectivity index (χ2n) is 9.50. The second kappa shape index (κ2) is 9.95. The molecule has 0 aliphatic carbocycles. The molecule has 0 bridgehead atoms. The van der Waals surface area contributed by atoms with Crippen LogP contribution in [0.3, 0.4) is 0 Å². The molecule has 6 rings (SSSR count). The van der Waals surface area contributed by atoms with Gasteiger partial charge in [-0.25, -0.2) is 9.97 Å². The van der Waals surface area contributed by atoms with E-state index in [2.05, 4.69) is 20.9 Å². The summed E-state index contributed by atoms with van der Waals surface area (Å²) in [6.45, 7) is 2.76. The van der Waals surface area contributed by atoms with E-state index in [1.54, 1.807) is 6.20 Å². The van der Waals surface area contributed by atoms with Crippen molar-refractivity contribution in [3.8, 4) is 17.1 Å². The number of aromatic amines is 1. The molecule has 2 aromatic heterocycles. The Kier molecular flexibility index (Phi) is 6.33. The van der Waals surface area contributed by atoms with Crippen molar-refractivity contribution >= 4 is 10.9 Å². The van der Waals surface area contributed by atoms with Gasteiger partial charge in [-0.15, -0.1) is 0 Å². The monoisotopic (exact) mass is 514 g/mol. The van der Waals surface area contributed by atoms with Crippen molar-refractivity contribution in [2.45, 2.75) is 32.3 Å². The van der Waals surface area contributed by atoms with Gasteiger partial charge in [0, 0.05) is 48.5 Å². The number of fused-ring (bicyclic) bond motifs is 2. The maximum atomic E-state index is 12.9. The first kappa shape index (κ1) is 24.2. The molecule has 0 saturated heterocycles. The van der Waals surface area contributed by atoms with Crippen molar-refractivity contribution in [1.29, 1.82) is 0 Å². The molecule has 1 N–H and O–H groups in total. The van der Waals surface area contributed by atoms with Crippen LogP contribution in [0.1, 0.15) is 27.9 Å². The normalized spacial score (nSPS) is 14.0. The van der Waals surface area contributed by atoms with E-state index < -0.39 is 11.7 Å². The number of ether oxygens (including phenoxy) is 1. The van der Waals surface area contributed by atoms with Gasteiger partial charge in [-0.1, -0.05) is 42.5 Å². The van der Waals surface area contributed by atoms with E-state index in [4.69, 9.17) is 9.72 Å². The van der Waals surface area contributed by atoms with Crippen LogP contribution >= 0.6 is 0 Å². The summed E-state index contributed by atoms with van der Waals surface area (Å²) in [5, 5.41) is 1.12. The molecule has 0 saturated carbocycles. The lowest BCUT2D eigenvalue weighted by Gasteiger charge is -2.27. The number of hydrogen-bond acceptors (Lipinski definition) is 4. The summed E-state index contributed by atoms with van der Waals surface area (Å²) in [5.41, 5.74) is 5.21. The fraction of sp³-hybridized carbons (Fsp3) is 0.200. The number of benzene rings is 3. The summed E-state index contributed by atoms with van der Waals surface area (Å²) in [7, 11) is 0. The van der Waals surface area contributed by atoms with Crippen molar-refractivity contribution in [3.05, 3.63) is 113 Å². The fourth-order valence-electron chi connectivity index (χ4n) is 4.80. The van der Waals surface area contributed by atoms with E-state index in [0.717, 1.165) is 65.1 Å². The molecule has 192 valence electrons. The van der Waals surface area contributed by atoms with Crippen LogP contribution in [0.4, 0.5) is 13.2 Å². The van der Waals surface area contributed by atoms with E-state index in [9.17, 15) is 13.2 Å². The van der Waals surface area contributed by atoms with Crippen LogP contribution in [0, 0.1) is 0 Å². The van der Waals surface area contributed by atoms with E-state index >= 15 is 0 Å². The average molecular weight is 515 g/mol. The van der Waals surface area contributed by atoms with Gasteiger partial charge in [0.25, 0.3) is 0 Å². The van der Waals surface area contributed by atoms with Crippen molar-refractivity contribution in [1.82, 2.24) is 19.9 Å². The Balaban J connectivity index is 1.17. The Bertz CT molecular complexity index is 1560. The first-order valence-electron chi connectivity index (χ1n) is 12.4. The first-order valence-corrected chi connectivity index (χ1v) is 12.4. The number of aromatic nitrogens is 3. The van der Waals surface area contributed by atoms with Gasteiger partial charge in [0.15, 0.2) is 5.82 Å². The van der Waals surface area contributed by atoms with E-state index in [1.165, 1.54) is 17.7 Å². The van der Waals surface area contributed by atoms with Crippen LogP contribution in [0.5, 0.6) is 5.75 Å². The SMILES string of the molecule is FC(F)(F)c1ccc(-c2ncc3c(n2)CN(Cc2c[nH]c4ccc(OCc5ccccc5)cc24)CC3)cc1. The number of nitrogens with one attached hydrogen (secondary N) is 1. The molecule has 0 amide bonds. The quantitative estimate of drug-likeness (QED) is 0.271. The lowest BCUT2D eigenvalue weighted by atomic mass is 10.0. The van der Waals surface area contributed by atoms with Crippen molar-refractivity contribution in [3.63, 3.8) is 0 Å². The topological polar surface area (TPSA) is 54.0 Å². The van der Waals surface area contributed by atoms with Crippen LogP contribution < -0.4 is 4.74 Å². The third kappa shape index (κ3) is 5.13. The molecular weight excluding hydrogens is 489 g/mol. The zero-order valence-electron chi connectivity index (χ0n) is 20.5. The number of H-pyrrole nitrogens is 1. The number of nitrogens with zero attached hydrogens (tertiary/aromatic N) is 3. The van der Waals surface area contributed by atoms with Gasteiger partial charge >= 0.3 is 6.18 Å². The van der Waals surface area contributed by atoms with Crippen LogP contribution in [-0.4, -0.2) is 26.4 Å². The summed E-state index contributed by atoms with van der Waals surface area (Å²) in [6, 6.07) is 21.1. The Morgan fingerprint density at radius 2 is 1.79 bits per heavy atom. The standard InChI is InChI=1S/C30H25F3N4O/c31-30(32,33)24-8-6-21(7-9-24)29-35-15-22-12-13-37(18-28(22)36-29)17-23-16-34-27-11-10-25(14-26(23)27)38-19-20-4-2-1-3-5-20/h1-11,14-16,34H,12-13,17-19H2. The molecule has 0 fully saturated rings. The number of rotatable bonds is 6. The maximum absolute atomic E-state index is 12.9. The molecule has 8 heteroatoms. The van der Waals surface area contributed by atoms with E-state index in [1.807, 2.05) is 48.7 Å². The van der Waals surface area contributed by atoms with Crippen LogP contribution in [0.15, 0.2) is 85.2 Å². The molecule has 5 aromatic rings. The van der Waals surface area contributed by atoms with Gasteiger partial charge in [-0.05, 0) is 53.4 Å². The molecule has 38 heavy (non-hydrogen) atoms. The first-order chi connectivity index (χ1) is 18.4. The Hall–Kier alpha value is -4.17. The molecule has 0 unspecified atom stereocenters. The minimum Gasteiger partial charge on any atom is -0.489 e. The molecule has 1 aliphatic heterocycles. The lowest BCUT2D eigenvalue weighted by molar-refractivity contribution is -0.137. The molecule has 0 atom stereocenters. The van der Waals surface area contributed by atoms with Crippen LogP contribution in [-0.2, 0) is 32.3 Å². The Morgan fingerprint density at radius 3 is 2.58 bits per heavy atom. The van der Waals surface area contributed by atoms with Crippen LogP contribution in [0.25, 0.3) is 22.3 Å². The number of halogens is 3. The van der Waals surface area contributed by atoms with Crippen molar-refractivity contribution < 1.29 is 17.9 Å². The van der Waals surface area contributed by atoms with Gasteiger partial charge in [0.05, 0.1) is 11.3 Å². The minimum atomic E-state index is -4.37. The fourth-order valence-corrected chi connectivity index (χ4v) is 4.80. The van der Waals surface area contributed by atoms with Gasteiger partial charge in [0.1, 0.15) is 12.4 Å². The molecule has 0 spiro atoms. The summed E-state index contributed by atoms with van der Waals surface area (Å²) in [6.07, 6.45) is 0.285. The Labute approximate surface area is 217 Å². The smallest absolute Gasteiger partial charge is 0.416 e. The third-order valence-corrected chi connectivity index (χ3v) is 6.88. The van der Waals surface area contributed by atoms with Crippen molar-refractivity contribution in [2.24, 2.45) is 0 Å². The van der Waals surface area contributed by atoms with Gasteiger partial charge in [-0.3, -0.25) is 4.90 Å². The summed E-state index contributed by atoms with van der Waals surface area (Å²) < 4.78 is 44.8. The summed E-state index contributed by atoms with van der Waals surface area (Å²) >= 11 is 0. The van der Waals surface area contributed by atoms with E-state index in [0.29, 0.717) is 24.5 Å². The summed E-state index contributed by atoms with van der Waals surface area (Å²) in [4.78, 5) is 14.8. The van der Waals surface area contributed by atoms with Gasteiger partial charge in [-0.2, -0.15) is 13.2 Å².